The lowest BCUT2D eigenvalue weighted by Crippen LogP contribution is -2.12. The minimum Gasteiger partial charge on any atom is -0.497 e. The second kappa shape index (κ2) is 7.19. The van der Waals surface area contributed by atoms with Crippen molar-refractivity contribution in [3.8, 4) is 17.2 Å². The van der Waals surface area contributed by atoms with Gasteiger partial charge >= 0.3 is 0 Å². The number of rotatable bonds is 7. The van der Waals surface area contributed by atoms with Crippen molar-refractivity contribution in [2.24, 2.45) is 5.73 Å². The lowest BCUT2D eigenvalue weighted by molar-refractivity contribution is 0.217. The molecule has 2 aromatic carbocycles. The van der Waals surface area contributed by atoms with Crippen LogP contribution in [0.1, 0.15) is 5.56 Å². The van der Waals surface area contributed by atoms with E-state index in [1.165, 1.54) is 0 Å². The molecule has 2 aromatic rings. The molecular formula is C16H18N2O3. The Hall–Kier alpha value is -2.69. The van der Waals surface area contributed by atoms with Gasteiger partial charge in [-0.1, -0.05) is 12.1 Å². The summed E-state index contributed by atoms with van der Waals surface area (Å²) in [5.41, 5.74) is 6.07. The van der Waals surface area contributed by atoms with Gasteiger partial charge in [0, 0.05) is 5.56 Å². The van der Waals surface area contributed by atoms with Crippen LogP contribution >= 0.6 is 0 Å². The highest BCUT2D eigenvalue weighted by atomic mass is 16.5. The summed E-state index contributed by atoms with van der Waals surface area (Å²) in [6, 6.07) is 14.5. The molecule has 5 nitrogen and oxygen atoms in total. The molecule has 0 bridgehead atoms. The van der Waals surface area contributed by atoms with Gasteiger partial charge < -0.3 is 19.9 Å². The topological polar surface area (TPSA) is 77.6 Å². The highest BCUT2D eigenvalue weighted by Crippen LogP contribution is 2.17. The molecule has 0 aliphatic rings. The van der Waals surface area contributed by atoms with E-state index in [1.54, 1.807) is 25.3 Å². The molecular weight excluding hydrogens is 268 g/mol. The van der Waals surface area contributed by atoms with Crippen LogP contribution in [0.5, 0.6) is 17.2 Å². The summed E-state index contributed by atoms with van der Waals surface area (Å²) in [7, 11) is 1.62. The van der Waals surface area contributed by atoms with E-state index in [4.69, 9.17) is 25.4 Å². The maximum Gasteiger partial charge on any atom is 0.122 e. The van der Waals surface area contributed by atoms with E-state index in [0.29, 0.717) is 24.5 Å². The second-order valence-corrected chi connectivity index (χ2v) is 4.31. The van der Waals surface area contributed by atoms with E-state index < -0.39 is 0 Å². The number of benzene rings is 2. The molecule has 0 saturated heterocycles. The Morgan fingerprint density at radius 1 is 0.952 bits per heavy atom. The van der Waals surface area contributed by atoms with Crippen LogP contribution in [-0.4, -0.2) is 26.2 Å². The minimum atomic E-state index is 0.0231. The number of nitrogens with one attached hydrogen (secondary N) is 1. The van der Waals surface area contributed by atoms with Crippen LogP contribution in [0.25, 0.3) is 0 Å². The van der Waals surface area contributed by atoms with E-state index in [-0.39, 0.29) is 5.84 Å². The molecule has 0 heterocycles. The third-order valence-corrected chi connectivity index (χ3v) is 2.83. The van der Waals surface area contributed by atoms with Crippen molar-refractivity contribution in [3.05, 3.63) is 54.1 Å². The maximum absolute atomic E-state index is 7.38. The van der Waals surface area contributed by atoms with Crippen molar-refractivity contribution in [3.63, 3.8) is 0 Å². The van der Waals surface area contributed by atoms with Crippen LogP contribution in [0.2, 0.25) is 0 Å². The number of nitrogens with two attached hydrogens (primary N) is 1. The SMILES string of the molecule is COc1ccc(OCCOc2cccc(C(=N)N)c2)cc1. The van der Waals surface area contributed by atoms with Crippen LogP contribution in [-0.2, 0) is 0 Å². The first kappa shape index (κ1) is 14.7. The molecule has 0 saturated carbocycles. The van der Waals surface area contributed by atoms with Gasteiger partial charge in [0.2, 0.25) is 0 Å². The fourth-order valence-electron chi connectivity index (χ4n) is 1.74. The molecule has 0 amide bonds. The Bertz CT molecular complexity index is 597. The maximum atomic E-state index is 7.38. The van der Waals surface area contributed by atoms with E-state index in [2.05, 4.69) is 0 Å². The molecule has 3 N–H and O–H groups in total. The number of methoxy groups -OCH3 is 1. The van der Waals surface area contributed by atoms with E-state index in [9.17, 15) is 0 Å². The van der Waals surface area contributed by atoms with E-state index in [1.807, 2.05) is 30.3 Å². The fraction of sp³-hybridized carbons (Fsp3) is 0.188. The summed E-state index contributed by atoms with van der Waals surface area (Å²) in [6.07, 6.45) is 0. The molecule has 2 rings (SSSR count). The molecule has 0 unspecified atom stereocenters. The van der Waals surface area contributed by atoms with Crippen molar-refractivity contribution in [2.75, 3.05) is 20.3 Å². The Labute approximate surface area is 123 Å². The lowest BCUT2D eigenvalue weighted by atomic mass is 10.2. The quantitative estimate of drug-likeness (QED) is 0.465. The van der Waals surface area contributed by atoms with E-state index >= 15 is 0 Å². The predicted molar refractivity (Wildman–Crippen MR) is 81.4 cm³/mol. The molecule has 0 aromatic heterocycles. The van der Waals surface area contributed by atoms with Gasteiger partial charge in [0.15, 0.2) is 0 Å². The highest BCUT2D eigenvalue weighted by Gasteiger charge is 2.00. The standard InChI is InChI=1S/C16H18N2O3/c1-19-13-5-7-14(8-6-13)20-9-10-21-15-4-2-3-12(11-15)16(17)18/h2-8,11H,9-10H2,1H3,(H3,17,18). The van der Waals surface area contributed by atoms with Gasteiger partial charge in [-0.05, 0) is 36.4 Å². The third-order valence-electron chi connectivity index (χ3n) is 2.83. The van der Waals surface area contributed by atoms with Crippen molar-refractivity contribution in [1.29, 1.82) is 5.41 Å². The average Bonchev–Trinajstić information content (AvgIpc) is 2.52. The van der Waals surface area contributed by atoms with Crippen LogP contribution < -0.4 is 19.9 Å². The number of amidine groups is 1. The first-order chi connectivity index (χ1) is 10.2. The zero-order valence-corrected chi connectivity index (χ0v) is 11.8. The Morgan fingerprint density at radius 2 is 1.57 bits per heavy atom. The average molecular weight is 286 g/mol. The zero-order valence-electron chi connectivity index (χ0n) is 11.8. The summed E-state index contributed by atoms with van der Waals surface area (Å²) in [6.45, 7) is 0.837. The molecule has 0 radical (unpaired) electrons. The van der Waals surface area contributed by atoms with Gasteiger partial charge in [-0.2, -0.15) is 0 Å². The van der Waals surface area contributed by atoms with Crippen LogP contribution in [0.15, 0.2) is 48.5 Å². The van der Waals surface area contributed by atoms with Crippen molar-refractivity contribution in [2.45, 2.75) is 0 Å². The second-order valence-electron chi connectivity index (χ2n) is 4.31. The van der Waals surface area contributed by atoms with Crippen molar-refractivity contribution >= 4 is 5.84 Å². The largest absolute Gasteiger partial charge is 0.497 e. The van der Waals surface area contributed by atoms with Gasteiger partial charge in [-0.3, -0.25) is 5.41 Å². The molecule has 0 atom stereocenters. The summed E-state index contributed by atoms with van der Waals surface area (Å²) in [5.74, 6) is 2.24. The molecule has 21 heavy (non-hydrogen) atoms. The summed E-state index contributed by atoms with van der Waals surface area (Å²) >= 11 is 0. The Balaban J connectivity index is 1.78. The minimum absolute atomic E-state index is 0.0231. The number of nitrogen functional groups attached to an aromatic ring is 1. The highest BCUT2D eigenvalue weighted by molar-refractivity contribution is 5.95. The van der Waals surface area contributed by atoms with Crippen molar-refractivity contribution < 1.29 is 14.2 Å². The van der Waals surface area contributed by atoms with Crippen LogP contribution in [0.3, 0.4) is 0 Å². The van der Waals surface area contributed by atoms with Crippen LogP contribution in [0, 0.1) is 5.41 Å². The lowest BCUT2D eigenvalue weighted by Gasteiger charge is -2.09. The Morgan fingerprint density at radius 3 is 2.19 bits per heavy atom. The molecule has 0 spiro atoms. The monoisotopic (exact) mass is 286 g/mol. The van der Waals surface area contributed by atoms with Crippen LogP contribution in [0.4, 0.5) is 0 Å². The van der Waals surface area contributed by atoms with Crippen molar-refractivity contribution in [1.82, 2.24) is 0 Å². The smallest absolute Gasteiger partial charge is 0.122 e. The molecule has 0 fully saturated rings. The summed E-state index contributed by atoms with van der Waals surface area (Å²) < 4.78 is 16.2. The third kappa shape index (κ3) is 4.42. The fourth-order valence-corrected chi connectivity index (χ4v) is 1.74. The van der Waals surface area contributed by atoms with Gasteiger partial charge in [0.25, 0.3) is 0 Å². The number of hydrogen-bond donors (Lipinski definition) is 2. The van der Waals surface area contributed by atoms with Gasteiger partial charge in [0.1, 0.15) is 36.3 Å². The van der Waals surface area contributed by atoms with E-state index in [0.717, 1.165) is 11.5 Å². The normalized spacial score (nSPS) is 9.95. The number of hydrogen-bond acceptors (Lipinski definition) is 4. The molecule has 5 heteroatoms. The first-order valence-corrected chi connectivity index (χ1v) is 6.53. The molecule has 0 aliphatic carbocycles. The molecule has 0 aliphatic heterocycles. The first-order valence-electron chi connectivity index (χ1n) is 6.53. The molecule has 110 valence electrons. The summed E-state index contributed by atoms with van der Waals surface area (Å²) in [5, 5.41) is 7.38. The summed E-state index contributed by atoms with van der Waals surface area (Å²) in [4.78, 5) is 0. The Kier molecular flexibility index (Phi) is 5.04. The number of ether oxygens (including phenoxy) is 3. The van der Waals surface area contributed by atoms with Gasteiger partial charge in [-0.15, -0.1) is 0 Å². The predicted octanol–water partition coefficient (Wildman–Crippen LogP) is 2.44. The zero-order chi connectivity index (χ0) is 15.1. The van der Waals surface area contributed by atoms with Gasteiger partial charge in [0.05, 0.1) is 7.11 Å². The van der Waals surface area contributed by atoms with Gasteiger partial charge in [-0.25, -0.2) is 0 Å².